The Morgan fingerprint density at radius 2 is 2.25 bits per heavy atom. The molecule has 0 aliphatic heterocycles. The van der Waals surface area contributed by atoms with Gasteiger partial charge in [-0.15, -0.1) is 6.58 Å². The monoisotopic (exact) mass is 242 g/mol. The van der Waals surface area contributed by atoms with Crippen LogP contribution in [-0.2, 0) is 9.53 Å². The van der Waals surface area contributed by atoms with Gasteiger partial charge < -0.3 is 4.74 Å². The molecule has 16 heavy (non-hydrogen) atoms. The molecule has 0 aromatic carbocycles. The number of rotatable bonds is 10. The van der Waals surface area contributed by atoms with Crippen molar-refractivity contribution in [3.63, 3.8) is 0 Å². The molecule has 0 aromatic heterocycles. The maximum Gasteiger partial charge on any atom is 0.305 e. The molecule has 0 saturated heterocycles. The van der Waals surface area contributed by atoms with Crippen molar-refractivity contribution < 1.29 is 9.53 Å². The van der Waals surface area contributed by atoms with Gasteiger partial charge in [-0.3, -0.25) is 4.79 Å². The standard InChI is InChI=1S/C13H22O2S/c1-3-5-6-7-10-15-13(14)9-8-12-16-11-4-2/h4-6H,2-3,7-12H2,1H3. The summed E-state index contributed by atoms with van der Waals surface area (Å²) in [5.74, 6) is 1.87. The minimum Gasteiger partial charge on any atom is -0.465 e. The number of ether oxygens (including phenoxy) is 1. The van der Waals surface area contributed by atoms with Crippen molar-refractivity contribution in [3.05, 3.63) is 24.8 Å². The van der Waals surface area contributed by atoms with Crippen LogP contribution >= 0.6 is 11.8 Å². The van der Waals surface area contributed by atoms with Crippen LogP contribution in [-0.4, -0.2) is 24.1 Å². The highest BCUT2D eigenvalue weighted by Gasteiger charge is 2.01. The van der Waals surface area contributed by atoms with Gasteiger partial charge in [0.15, 0.2) is 0 Å². The normalized spacial score (nSPS) is 10.6. The predicted octanol–water partition coefficient (Wildman–Crippen LogP) is 3.59. The first-order valence-electron chi connectivity index (χ1n) is 5.80. The lowest BCUT2D eigenvalue weighted by Gasteiger charge is -2.02. The number of carbonyl (C=O) groups excluding carboxylic acids is 1. The van der Waals surface area contributed by atoms with E-state index < -0.39 is 0 Å². The molecule has 0 bridgehead atoms. The molecule has 0 atom stereocenters. The Labute approximate surface area is 103 Å². The average Bonchev–Trinajstić information content (AvgIpc) is 2.28. The van der Waals surface area contributed by atoms with E-state index in [0.29, 0.717) is 13.0 Å². The molecular formula is C13H22O2S. The van der Waals surface area contributed by atoms with Crippen molar-refractivity contribution in [2.24, 2.45) is 0 Å². The topological polar surface area (TPSA) is 26.3 Å². The van der Waals surface area contributed by atoms with Crippen molar-refractivity contribution in [1.29, 1.82) is 0 Å². The van der Waals surface area contributed by atoms with Crippen LogP contribution in [0.15, 0.2) is 24.8 Å². The van der Waals surface area contributed by atoms with E-state index in [1.54, 1.807) is 11.8 Å². The fourth-order valence-corrected chi connectivity index (χ4v) is 1.76. The van der Waals surface area contributed by atoms with Crippen molar-refractivity contribution in [2.45, 2.75) is 32.6 Å². The SMILES string of the molecule is C=CCSCCCC(=O)OCCC=CCC. The molecule has 0 aliphatic rings. The zero-order valence-electron chi connectivity index (χ0n) is 10.1. The second kappa shape index (κ2) is 12.4. The van der Waals surface area contributed by atoms with Crippen LogP contribution < -0.4 is 0 Å². The lowest BCUT2D eigenvalue weighted by Crippen LogP contribution is -2.05. The molecule has 0 radical (unpaired) electrons. The lowest BCUT2D eigenvalue weighted by molar-refractivity contribution is -0.143. The zero-order valence-corrected chi connectivity index (χ0v) is 10.9. The summed E-state index contributed by atoms with van der Waals surface area (Å²) in [5.41, 5.74) is 0. The molecule has 92 valence electrons. The molecule has 3 heteroatoms. The first-order valence-corrected chi connectivity index (χ1v) is 6.96. The second-order valence-corrected chi connectivity index (χ2v) is 4.51. The number of hydrogen-bond acceptors (Lipinski definition) is 3. The first-order chi connectivity index (χ1) is 7.81. The third kappa shape index (κ3) is 11.4. The molecule has 0 heterocycles. The maximum atomic E-state index is 11.2. The molecule has 0 spiro atoms. The van der Waals surface area contributed by atoms with Gasteiger partial charge in [-0.2, -0.15) is 11.8 Å². The Hall–Kier alpha value is -0.700. The van der Waals surface area contributed by atoms with Crippen molar-refractivity contribution >= 4 is 17.7 Å². The number of esters is 1. The van der Waals surface area contributed by atoms with Crippen LogP contribution in [0.1, 0.15) is 32.6 Å². The summed E-state index contributed by atoms with van der Waals surface area (Å²) in [6, 6.07) is 0. The summed E-state index contributed by atoms with van der Waals surface area (Å²) in [6.45, 7) is 6.24. The van der Waals surface area contributed by atoms with Gasteiger partial charge in [-0.1, -0.05) is 25.2 Å². The maximum absolute atomic E-state index is 11.2. The van der Waals surface area contributed by atoms with Gasteiger partial charge >= 0.3 is 5.97 Å². The van der Waals surface area contributed by atoms with Gasteiger partial charge in [0.25, 0.3) is 0 Å². The van der Waals surface area contributed by atoms with E-state index in [0.717, 1.165) is 30.8 Å². The van der Waals surface area contributed by atoms with Crippen LogP contribution in [0.3, 0.4) is 0 Å². The van der Waals surface area contributed by atoms with Gasteiger partial charge in [-0.25, -0.2) is 0 Å². The minimum atomic E-state index is -0.0795. The molecule has 0 N–H and O–H groups in total. The van der Waals surface area contributed by atoms with Crippen LogP contribution in [0.5, 0.6) is 0 Å². The highest BCUT2D eigenvalue weighted by molar-refractivity contribution is 7.99. The van der Waals surface area contributed by atoms with Crippen molar-refractivity contribution in [2.75, 3.05) is 18.1 Å². The fourth-order valence-electron chi connectivity index (χ4n) is 1.08. The van der Waals surface area contributed by atoms with E-state index in [1.807, 2.05) is 12.2 Å². The number of thioether (sulfide) groups is 1. The Bertz CT molecular complexity index is 212. The molecule has 0 amide bonds. The summed E-state index contributed by atoms with van der Waals surface area (Å²) in [5, 5.41) is 0. The number of hydrogen-bond donors (Lipinski definition) is 0. The Morgan fingerprint density at radius 3 is 2.94 bits per heavy atom. The average molecular weight is 242 g/mol. The largest absolute Gasteiger partial charge is 0.465 e. The van der Waals surface area contributed by atoms with Gasteiger partial charge in [0, 0.05) is 12.2 Å². The van der Waals surface area contributed by atoms with Crippen LogP contribution in [0, 0.1) is 0 Å². The minimum absolute atomic E-state index is 0.0795. The Morgan fingerprint density at radius 1 is 1.44 bits per heavy atom. The molecule has 0 unspecified atom stereocenters. The zero-order chi connectivity index (χ0) is 12.1. The molecule has 0 fully saturated rings. The molecular weight excluding hydrogens is 220 g/mol. The van der Waals surface area contributed by atoms with Crippen molar-refractivity contribution in [3.8, 4) is 0 Å². The molecule has 0 saturated carbocycles. The number of allylic oxidation sites excluding steroid dienone is 1. The highest BCUT2D eigenvalue weighted by atomic mass is 32.2. The van der Waals surface area contributed by atoms with Crippen LogP contribution in [0.2, 0.25) is 0 Å². The first kappa shape index (κ1) is 15.3. The van der Waals surface area contributed by atoms with Crippen LogP contribution in [0.25, 0.3) is 0 Å². The van der Waals surface area contributed by atoms with E-state index in [9.17, 15) is 4.79 Å². The van der Waals surface area contributed by atoms with Crippen LogP contribution in [0.4, 0.5) is 0 Å². The Balaban J connectivity index is 3.24. The van der Waals surface area contributed by atoms with Crippen molar-refractivity contribution in [1.82, 2.24) is 0 Å². The van der Waals surface area contributed by atoms with Gasteiger partial charge in [-0.05, 0) is 25.0 Å². The number of carbonyl (C=O) groups is 1. The smallest absolute Gasteiger partial charge is 0.305 e. The molecule has 0 rings (SSSR count). The van der Waals surface area contributed by atoms with E-state index in [4.69, 9.17) is 4.74 Å². The summed E-state index contributed by atoms with van der Waals surface area (Å²) >= 11 is 1.79. The lowest BCUT2D eigenvalue weighted by atomic mass is 10.3. The highest BCUT2D eigenvalue weighted by Crippen LogP contribution is 2.05. The van der Waals surface area contributed by atoms with E-state index in [1.165, 1.54) is 0 Å². The third-order valence-electron chi connectivity index (χ3n) is 1.86. The predicted molar refractivity (Wildman–Crippen MR) is 71.8 cm³/mol. The third-order valence-corrected chi connectivity index (χ3v) is 2.90. The molecule has 0 aromatic rings. The van der Waals surface area contributed by atoms with Gasteiger partial charge in [0.05, 0.1) is 6.61 Å². The summed E-state index contributed by atoms with van der Waals surface area (Å²) < 4.78 is 5.08. The van der Waals surface area contributed by atoms with E-state index in [2.05, 4.69) is 19.6 Å². The summed E-state index contributed by atoms with van der Waals surface area (Å²) in [4.78, 5) is 11.2. The second-order valence-electron chi connectivity index (χ2n) is 3.36. The Kier molecular flexibility index (Phi) is 11.8. The van der Waals surface area contributed by atoms with Gasteiger partial charge in [0.2, 0.25) is 0 Å². The molecule has 2 nitrogen and oxygen atoms in total. The summed E-state index contributed by atoms with van der Waals surface area (Å²) in [6.07, 6.45) is 9.29. The summed E-state index contributed by atoms with van der Waals surface area (Å²) in [7, 11) is 0. The van der Waals surface area contributed by atoms with Gasteiger partial charge in [0.1, 0.15) is 0 Å². The molecule has 0 aliphatic carbocycles. The fraction of sp³-hybridized carbons (Fsp3) is 0.615. The van der Waals surface area contributed by atoms with E-state index in [-0.39, 0.29) is 5.97 Å². The van der Waals surface area contributed by atoms with E-state index >= 15 is 0 Å². The quantitative estimate of drug-likeness (QED) is 0.333.